The molecule has 1 aromatic rings. The van der Waals surface area contributed by atoms with Crippen LogP contribution in [0, 0.1) is 10.1 Å². The molecule has 20 heavy (non-hydrogen) atoms. The van der Waals surface area contributed by atoms with Crippen LogP contribution in [0.25, 0.3) is 0 Å². The van der Waals surface area contributed by atoms with E-state index in [0.717, 1.165) is 36.7 Å². The van der Waals surface area contributed by atoms with Crippen molar-refractivity contribution < 1.29 is 13.3 Å². The zero-order chi connectivity index (χ0) is 14.9. The van der Waals surface area contributed by atoms with Gasteiger partial charge in [-0.3, -0.25) is 10.1 Å². The Kier molecular flexibility index (Phi) is 4.31. The summed E-state index contributed by atoms with van der Waals surface area (Å²) >= 11 is 0.912. The van der Waals surface area contributed by atoms with Crippen LogP contribution in [0.3, 0.4) is 0 Å². The molecule has 0 atom stereocenters. The Bertz CT molecular complexity index is 607. The average Bonchev–Trinajstić information content (AvgIpc) is 3.11. The van der Waals surface area contributed by atoms with Gasteiger partial charge in [0, 0.05) is 25.7 Å². The number of rotatable bonds is 7. The van der Waals surface area contributed by atoms with Crippen LogP contribution in [0.15, 0.2) is 10.3 Å². The second kappa shape index (κ2) is 5.66. The highest BCUT2D eigenvalue weighted by Crippen LogP contribution is 2.40. The summed E-state index contributed by atoms with van der Waals surface area (Å²) in [7, 11) is -2.10. The van der Waals surface area contributed by atoms with Gasteiger partial charge >= 0.3 is 5.69 Å². The monoisotopic (exact) mass is 319 g/mol. The molecule has 1 aromatic heterocycles. The normalized spacial score (nSPS) is 15.6. The second-order valence-electron chi connectivity index (χ2n) is 4.63. The van der Waals surface area contributed by atoms with Crippen LogP contribution in [0.4, 0.5) is 10.7 Å². The minimum absolute atomic E-state index is 0.0360. The van der Waals surface area contributed by atoms with Crippen molar-refractivity contribution in [3.63, 3.8) is 0 Å². The standard InChI is InChI=1S/C11H17N3O4S2/c1-3-6-13(8-4-5-8)20(17,18)10-7-9(14(15)16)11(12-2)19-10/h7-8,12H,3-6H2,1-2H3. The SMILES string of the molecule is CCCN(C1CC1)S(=O)(=O)c1cc([N+](=O)[O-])c(NC)s1. The van der Waals surface area contributed by atoms with Gasteiger partial charge in [-0.25, -0.2) is 8.42 Å². The largest absolute Gasteiger partial charge is 0.374 e. The molecule has 2 rings (SSSR count). The Morgan fingerprint density at radius 2 is 2.20 bits per heavy atom. The van der Waals surface area contributed by atoms with Gasteiger partial charge in [0.25, 0.3) is 10.0 Å². The van der Waals surface area contributed by atoms with E-state index in [0.29, 0.717) is 6.54 Å². The fourth-order valence-electron chi connectivity index (χ4n) is 2.00. The lowest BCUT2D eigenvalue weighted by molar-refractivity contribution is -0.383. The maximum Gasteiger partial charge on any atom is 0.304 e. The summed E-state index contributed by atoms with van der Waals surface area (Å²) < 4.78 is 26.7. The maximum absolute atomic E-state index is 12.6. The summed E-state index contributed by atoms with van der Waals surface area (Å²) in [4.78, 5) is 10.4. The van der Waals surface area contributed by atoms with E-state index >= 15 is 0 Å². The van der Waals surface area contributed by atoms with Crippen LogP contribution in [0.5, 0.6) is 0 Å². The Labute approximate surface area is 121 Å². The van der Waals surface area contributed by atoms with Gasteiger partial charge in [-0.15, -0.1) is 0 Å². The first-order valence-corrected chi connectivity index (χ1v) is 8.65. The quantitative estimate of drug-likeness (QED) is 0.614. The third-order valence-electron chi connectivity index (χ3n) is 3.07. The van der Waals surface area contributed by atoms with Crippen molar-refractivity contribution in [3.05, 3.63) is 16.2 Å². The Balaban J connectivity index is 2.40. The van der Waals surface area contributed by atoms with E-state index < -0.39 is 14.9 Å². The molecule has 1 aliphatic rings. The van der Waals surface area contributed by atoms with E-state index in [1.807, 2.05) is 6.92 Å². The molecule has 0 spiro atoms. The molecule has 0 saturated heterocycles. The van der Waals surface area contributed by atoms with Crippen LogP contribution in [-0.4, -0.2) is 37.3 Å². The van der Waals surface area contributed by atoms with Crippen LogP contribution in [-0.2, 0) is 10.0 Å². The Morgan fingerprint density at radius 3 is 2.60 bits per heavy atom. The van der Waals surface area contributed by atoms with E-state index in [1.165, 1.54) is 4.31 Å². The first-order valence-electron chi connectivity index (χ1n) is 6.39. The van der Waals surface area contributed by atoms with Crippen LogP contribution >= 0.6 is 11.3 Å². The van der Waals surface area contributed by atoms with Crippen LogP contribution < -0.4 is 5.32 Å². The molecule has 1 heterocycles. The van der Waals surface area contributed by atoms with Gasteiger partial charge in [0.2, 0.25) is 0 Å². The summed E-state index contributed by atoms with van der Waals surface area (Å²) in [5.74, 6) is 0. The minimum atomic E-state index is -3.64. The van der Waals surface area contributed by atoms with Crippen molar-refractivity contribution in [1.82, 2.24) is 4.31 Å². The lowest BCUT2D eigenvalue weighted by Gasteiger charge is -2.19. The van der Waals surface area contributed by atoms with E-state index in [1.54, 1.807) is 7.05 Å². The summed E-state index contributed by atoms with van der Waals surface area (Å²) in [5.41, 5.74) is -0.191. The first kappa shape index (κ1) is 15.2. The van der Waals surface area contributed by atoms with Gasteiger partial charge < -0.3 is 5.32 Å². The van der Waals surface area contributed by atoms with Crippen LogP contribution in [0.2, 0.25) is 0 Å². The average molecular weight is 319 g/mol. The molecule has 112 valence electrons. The molecular formula is C11H17N3O4S2. The zero-order valence-corrected chi connectivity index (χ0v) is 13.0. The molecule has 0 unspecified atom stereocenters. The fourth-order valence-corrected chi connectivity index (χ4v) is 5.19. The van der Waals surface area contributed by atoms with Crippen molar-refractivity contribution >= 4 is 32.0 Å². The van der Waals surface area contributed by atoms with E-state index in [2.05, 4.69) is 5.32 Å². The van der Waals surface area contributed by atoms with Gasteiger partial charge in [0.05, 0.1) is 4.92 Å². The van der Waals surface area contributed by atoms with Gasteiger partial charge in [-0.05, 0) is 19.3 Å². The molecule has 0 aromatic carbocycles. The fraction of sp³-hybridized carbons (Fsp3) is 0.636. The predicted molar refractivity (Wildman–Crippen MR) is 77.7 cm³/mol. The predicted octanol–water partition coefficient (Wildman–Crippen LogP) is 2.26. The Morgan fingerprint density at radius 1 is 1.55 bits per heavy atom. The van der Waals surface area contributed by atoms with Crippen molar-refractivity contribution in [2.75, 3.05) is 18.9 Å². The van der Waals surface area contributed by atoms with Crippen molar-refractivity contribution in [3.8, 4) is 0 Å². The Hall–Kier alpha value is -1.19. The molecular weight excluding hydrogens is 302 g/mol. The van der Waals surface area contributed by atoms with Gasteiger partial charge in [0.15, 0.2) is 5.00 Å². The number of anilines is 1. The third-order valence-corrected chi connectivity index (χ3v) is 6.62. The molecule has 1 N–H and O–H groups in total. The first-order chi connectivity index (χ1) is 9.41. The third kappa shape index (κ3) is 2.79. The van der Waals surface area contributed by atoms with Crippen molar-refractivity contribution in [1.29, 1.82) is 0 Å². The zero-order valence-electron chi connectivity index (χ0n) is 11.3. The summed E-state index contributed by atoms with van der Waals surface area (Å²) in [6.45, 7) is 2.37. The topological polar surface area (TPSA) is 92.5 Å². The highest BCUT2D eigenvalue weighted by molar-refractivity contribution is 7.91. The van der Waals surface area contributed by atoms with E-state index in [4.69, 9.17) is 0 Å². The van der Waals surface area contributed by atoms with E-state index in [-0.39, 0.29) is 20.9 Å². The molecule has 1 aliphatic carbocycles. The van der Waals surface area contributed by atoms with Crippen LogP contribution in [0.1, 0.15) is 26.2 Å². The van der Waals surface area contributed by atoms with E-state index in [9.17, 15) is 18.5 Å². The molecule has 0 bridgehead atoms. The lowest BCUT2D eigenvalue weighted by Crippen LogP contribution is -2.33. The number of sulfonamides is 1. The number of hydrogen-bond acceptors (Lipinski definition) is 6. The summed E-state index contributed by atoms with van der Waals surface area (Å²) in [6.07, 6.45) is 2.46. The highest BCUT2D eigenvalue weighted by atomic mass is 32.2. The number of thiophene rings is 1. The molecule has 0 radical (unpaired) electrons. The number of nitro groups is 1. The van der Waals surface area contributed by atoms with Gasteiger partial charge in [-0.2, -0.15) is 4.31 Å². The smallest absolute Gasteiger partial charge is 0.304 e. The summed E-state index contributed by atoms with van der Waals surface area (Å²) in [5, 5.41) is 13.9. The van der Waals surface area contributed by atoms with Crippen molar-refractivity contribution in [2.24, 2.45) is 0 Å². The molecule has 1 fully saturated rings. The van der Waals surface area contributed by atoms with Crippen molar-refractivity contribution in [2.45, 2.75) is 36.4 Å². The molecule has 1 saturated carbocycles. The number of nitrogens with one attached hydrogen (secondary N) is 1. The number of hydrogen-bond donors (Lipinski definition) is 1. The minimum Gasteiger partial charge on any atom is -0.374 e. The highest BCUT2D eigenvalue weighted by Gasteiger charge is 2.39. The second-order valence-corrected chi connectivity index (χ2v) is 7.80. The summed E-state index contributed by atoms with van der Waals surface area (Å²) in [6, 6.07) is 1.20. The maximum atomic E-state index is 12.6. The lowest BCUT2D eigenvalue weighted by atomic mass is 10.5. The van der Waals surface area contributed by atoms with Gasteiger partial charge in [-0.1, -0.05) is 18.3 Å². The molecule has 7 nitrogen and oxygen atoms in total. The molecule has 0 aliphatic heterocycles. The number of nitrogens with zero attached hydrogens (tertiary/aromatic N) is 2. The molecule has 0 amide bonds. The van der Waals surface area contributed by atoms with Gasteiger partial charge in [0.1, 0.15) is 4.21 Å². The molecule has 9 heteroatoms.